The Morgan fingerprint density at radius 1 is 0.448 bits per heavy atom. The molecule has 12 aliphatic rings. The summed E-state index contributed by atoms with van der Waals surface area (Å²) in [5.41, 5.74) is -1.86. The first kappa shape index (κ1) is 82.4. The van der Waals surface area contributed by atoms with E-state index in [0.717, 1.165) is 12.8 Å². The maximum absolute atomic E-state index is 15.3. The van der Waals surface area contributed by atoms with E-state index in [1.54, 1.807) is 0 Å². The van der Waals surface area contributed by atoms with Crippen LogP contribution in [0.3, 0.4) is 0 Å². The standard InChI is InChI=1S/C70H114O35/c1-26-38(74)55(103-58-49(85)43(79)33(24-93-58)99-59-51(87)46(82)40(76)30(21-72)97-59)54(90)62(95-26)104-56-44(80)34(101-60-52(88)47(83)41(77)31(22-73)98-60)25-94-63(56)102-37-12-13-67(6)35(66(37,4)5)11-14-69(8)36(67)10-9-27-28-19-65(2,3)15-17-70(28,18-16-68(27,69)7)64(91)105-61-53(89)48(84)42(78)32(100-61)23-92-57-50(86)45(81)39(75)29(20-71)96-57/h9,26,28-63,71-90H,10-25H2,1-8H3/t26-,28-,29+,30+,31+,32+,33+,34-,35-,36+,37-,38-,39+,40+,41+,42+,43-,44-,45-,46-,47-,48-,49+,50+,51+,52+,53+,54+,55+,56+,57+,58-,59-,60-,61-,62-,63-,67-,68+,69+,70-/m0/s1. The average Bonchev–Trinajstić information content (AvgIpc) is 0.674. The minimum absolute atomic E-state index is 0.00166. The van der Waals surface area contributed by atoms with E-state index in [2.05, 4.69) is 54.5 Å². The van der Waals surface area contributed by atoms with Crippen molar-refractivity contribution in [2.45, 2.75) is 328 Å². The van der Waals surface area contributed by atoms with Gasteiger partial charge in [0.15, 0.2) is 37.7 Å². The third-order valence-corrected chi connectivity index (χ3v) is 27.0. The van der Waals surface area contributed by atoms with Gasteiger partial charge in [-0.2, -0.15) is 0 Å². The third-order valence-electron chi connectivity index (χ3n) is 27.0. The maximum atomic E-state index is 15.3. The van der Waals surface area contributed by atoms with Gasteiger partial charge in [-0.05, 0) is 116 Å². The first-order valence-electron chi connectivity index (χ1n) is 37.0. The average molecular weight is 1520 g/mol. The Morgan fingerprint density at radius 3 is 1.51 bits per heavy atom. The van der Waals surface area contributed by atoms with Crippen molar-refractivity contribution in [3.8, 4) is 0 Å². The summed E-state index contributed by atoms with van der Waals surface area (Å²) in [6, 6.07) is 0. The molecule has 0 unspecified atom stereocenters. The van der Waals surface area contributed by atoms with E-state index in [-0.39, 0.29) is 34.0 Å². The van der Waals surface area contributed by atoms with Crippen LogP contribution in [0.25, 0.3) is 0 Å². The molecule has 35 heteroatoms. The molecule has 7 heterocycles. The van der Waals surface area contributed by atoms with E-state index >= 15 is 4.79 Å². The van der Waals surface area contributed by atoms with Crippen LogP contribution in [0.5, 0.6) is 0 Å². The van der Waals surface area contributed by atoms with Crippen molar-refractivity contribution in [3.05, 3.63) is 11.6 Å². The predicted molar refractivity (Wildman–Crippen MR) is 347 cm³/mol. The van der Waals surface area contributed by atoms with Gasteiger partial charge in [0, 0.05) is 0 Å². The minimum Gasteiger partial charge on any atom is -0.432 e. The van der Waals surface area contributed by atoms with Crippen LogP contribution >= 0.6 is 0 Å². The lowest BCUT2D eigenvalue weighted by molar-refractivity contribution is -0.391. The molecule has 7 saturated heterocycles. The highest BCUT2D eigenvalue weighted by molar-refractivity contribution is 5.79. The summed E-state index contributed by atoms with van der Waals surface area (Å²) in [5.74, 6) is -0.838. The second-order valence-electron chi connectivity index (χ2n) is 33.8. The van der Waals surface area contributed by atoms with Gasteiger partial charge in [0.2, 0.25) is 6.29 Å². The Morgan fingerprint density at radius 2 is 0.933 bits per heavy atom. The van der Waals surface area contributed by atoms with Gasteiger partial charge in [0.25, 0.3) is 0 Å². The number of carbonyl (C=O) groups is 1. The second kappa shape index (κ2) is 31.3. The zero-order valence-electron chi connectivity index (χ0n) is 60.3. The highest BCUT2D eigenvalue weighted by Gasteiger charge is 2.71. The highest BCUT2D eigenvalue weighted by Crippen LogP contribution is 2.76. The molecule has 0 amide bonds. The molecular weight excluding hydrogens is 1400 g/mol. The Balaban J connectivity index is 0.753. The van der Waals surface area contributed by atoms with Crippen molar-refractivity contribution in [1.82, 2.24) is 0 Å². The molecule has 604 valence electrons. The lowest BCUT2D eigenvalue weighted by Crippen LogP contribution is -2.67. The van der Waals surface area contributed by atoms with Gasteiger partial charge >= 0.3 is 5.97 Å². The maximum Gasteiger partial charge on any atom is 0.315 e. The molecule has 0 bridgehead atoms. The quantitative estimate of drug-likeness (QED) is 0.0345. The molecule has 11 fully saturated rings. The largest absolute Gasteiger partial charge is 0.432 e. The fourth-order valence-electron chi connectivity index (χ4n) is 20.2. The lowest BCUT2D eigenvalue weighted by Gasteiger charge is -2.71. The van der Waals surface area contributed by atoms with Gasteiger partial charge in [0.1, 0.15) is 153 Å². The Hall–Kier alpha value is -2.11. The molecule has 0 aromatic rings. The van der Waals surface area contributed by atoms with Crippen molar-refractivity contribution < 1.29 is 173 Å². The molecular formula is C70H114O35. The Kier molecular flexibility index (Phi) is 24.6. The van der Waals surface area contributed by atoms with Crippen LogP contribution in [0.15, 0.2) is 11.6 Å². The van der Waals surface area contributed by atoms with Crippen molar-refractivity contribution >= 4 is 5.97 Å². The molecule has 105 heavy (non-hydrogen) atoms. The molecule has 4 saturated carbocycles. The highest BCUT2D eigenvalue weighted by atomic mass is 16.8. The van der Waals surface area contributed by atoms with Crippen molar-refractivity contribution in [2.75, 3.05) is 39.6 Å². The van der Waals surface area contributed by atoms with Gasteiger partial charge in [0.05, 0.1) is 57.3 Å². The third kappa shape index (κ3) is 14.6. The van der Waals surface area contributed by atoms with Gasteiger partial charge < -0.3 is 168 Å². The summed E-state index contributed by atoms with van der Waals surface area (Å²) in [5, 5.41) is 217. The number of fused-ring (bicyclic) bond motifs is 7. The smallest absolute Gasteiger partial charge is 0.315 e. The molecule has 5 aliphatic carbocycles. The SMILES string of the molecule is C[C@@H]1O[C@@H](O[C@H]2[C@H](O[C@H]3CC[C@]4(C)[C@H]5CC=C6[C@@H]7CC(C)(C)CC[C@]7(C(=O)O[C@@H]7O[C@H](CO[C@@H]8O[C@H](CO)[C@@H](O)[C@H](O)[C@H]8O)[C@@H](O)[C@H](O)[C@H]7O)CC[C@@]6(C)[C@]5(C)CC[C@H]4C3(C)C)OC[C@H](O[C@@H]3O[C@H](CO)[C@@H](O)[C@H](O)[C@H]3O)[C@@H]2O)[C@H](O)[C@H](O[C@@H]2OC[C@@H](O[C@@H]3O[C@H](CO)[C@@H](O)[C@H](O)[C@H]3O)[C@H](O)[C@H]2O)[C@H]1O. The van der Waals surface area contributed by atoms with Crippen LogP contribution in [-0.2, 0) is 71.1 Å². The number of aliphatic hydroxyl groups excluding tert-OH is 20. The number of esters is 1. The summed E-state index contributed by atoms with van der Waals surface area (Å²) < 4.78 is 84.0. The molecule has 7 aliphatic heterocycles. The summed E-state index contributed by atoms with van der Waals surface area (Å²) in [6.45, 7) is 13.1. The predicted octanol–water partition coefficient (Wildman–Crippen LogP) is -6.26. The number of hydrogen-bond acceptors (Lipinski definition) is 35. The van der Waals surface area contributed by atoms with Crippen molar-refractivity contribution in [2.24, 2.45) is 50.2 Å². The molecule has 35 nitrogen and oxygen atoms in total. The molecule has 41 atom stereocenters. The van der Waals surface area contributed by atoms with Crippen LogP contribution in [0.2, 0.25) is 0 Å². The monoisotopic (exact) mass is 1510 g/mol. The number of carbonyl (C=O) groups excluding carboxylic acids is 1. The van der Waals surface area contributed by atoms with E-state index in [1.165, 1.54) is 12.5 Å². The minimum atomic E-state index is -1.99. The van der Waals surface area contributed by atoms with E-state index in [1.807, 2.05) is 0 Å². The molecule has 0 radical (unpaired) electrons. The van der Waals surface area contributed by atoms with Crippen LogP contribution in [0.1, 0.15) is 120 Å². The summed E-state index contributed by atoms with van der Waals surface area (Å²) >= 11 is 0. The lowest BCUT2D eigenvalue weighted by atomic mass is 9.33. The van der Waals surface area contributed by atoms with Gasteiger partial charge in [-0.1, -0.05) is 60.1 Å². The summed E-state index contributed by atoms with van der Waals surface area (Å²) in [6.07, 6.45) is -48.2. The van der Waals surface area contributed by atoms with Crippen LogP contribution in [0.4, 0.5) is 0 Å². The van der Waals surface area contributed by atoms with Crippen LogP contribution < -0.4 is 0 Å². The molecule has 20 N–H and O–H groups in total. The van der Waals surface area contributed by atoms with E-state index in [4.69, 9.17) is 66.3 Å². The number of ether oxygens (including phenoxy) is 14. The molecule has 0 aromatic heterocycles. The van der Waals surface area contributed by atoms with Gasteiger partial charge in [-0.3, -0.25) is 4.79 Å². The fourth-order valence-corrected chi connectivity index (χ4v) is 20.2. The zero-order valence-corrected chi connectivity index (χ0v) is 60.3. The number of rotatable bonds is 18. The molecule has 0 aromatic carbocycles. The topological polar surface area (TPSA) is 551 Å². The normalized spacial score (nSPS) is 54.2. The number of allylic oxidation sites excluding steroid dienone is 2. The number of hydrogen-bond donors (Lipinski definition) is 20. The Labute approximate surface area is 607 Å². The van der Waals surface area contributed by atoms with Crippen molar-refractivity contribution in [1.29, 1.82) is 0 Å². The molecule has 0 spiro atoms. The second-order valence-corrected chi connectivity index (χ2v) is 33.8. The summed E-state index contributed by atoms with van der Waals surface area (Å²) in [7, 11) is 0. The molecule has 12 rings (SSSR count). The van der Waals surface area contributed by atoms with Gasteiger partial charge in [-0.15, -0.1) is 0 Å². The van der Waals surface area contributed by atoms with E-state index in [0.29, 0.717) is 51.4 Å². The summed E-state index contributed by atoms with van der Waals surface area (Å²) in [4.78, 5) is 15.3. The fraction of sp³-hybridized carbons (Fsp3) is 0.957. The first-order valence-corrected chi connectivity index (χ1v) is 37.0. The van der Waals surface area contributed by atoms with E-state index < -0.39 is 271 Å². The van der Waals surface area contributed by atoms with Crippen LogP contribution in [-0.4, -0.2) is 357 Å². The first-order chi connectivity index (χ1) is 49.3. The van der Waals surface area contributed by atoms with Crippen molar-refractivity contribution in [3.63, 3.8) is 0 Å². The Bertz CT molecular complexity index is 2970. The van der Waals surface area contributed by atoms with Crippen LogP contribution in [0, 0.1) is 50.2 Å². The van der Waals surface area contributed by atoms with Gasteiger partial charge in [-0.25, -0.2) is 0 Å². The zero-order chi connectivity index (χ0) is 76.4. The van der Waals surface area contributed by atoms with E-state index in [9.17, 15) is 102 Å². The number of aliphatic hydroxyl groups is 20.